The quantitative estimate of drug-likeness (QED) is 0.609. The highest BCUT2D eigenvalue weighted by Crippen LogP contribution is 2.40. The zero-order chi connectivity index (χ0) is 11.5. The third-order valence-electron chi connectivity index (χ3n) is 4.29. The topological polar surface area (TPSA) is 69.7 Å². The molecule has 0 aromatic carbocycles. The molecule has 0 amide bonds. The first-order chi connectivity index (χ1) is 7.74. The van der Waals surface area contributed by atoms with Crippen molar-refractivity contribution in [2.24, 2.45) is 17.6 Å². The van der Waals surface area contributed by atoms with Gasteiger partial charge in [0.25, 0.3) is 0 Å². The predicted molar refractivity (Wildman–Crippen MR) is 63.0 cm³/mol. The number of fused-ring (bicyclic) bond motifs is 3. The van der Waals surface area contributed by atoms with Crippen LogP contribution in [0.2, 0.25) is 0 Å². The standard InChI is InChI=1S/C12H24N2O2/c13-4-3-9-5-11-2-1-10(9)6-14(11)7-12(16)8-15/h9-12,15-16H,1-8,13H2. The third-order valence-corrected chi connectivity index (χ3v) is 4.29. The van der Waals surface area contributed by atoms with Gasteiger partial charge in [0.15, 0.2) is 0 Å². The molecule has 4 unspecified atom stereocenters. The molecule has 4 atom stereocenters. The summed E-state index contributed by atoms with van der Waals surface area (Å²) in [4.78, 5) is 2.36. The summed E-state index contributed by atoms with van der Waals surface area (Å²) < 4.78 is 0. The first kappa shape index (κ1) is 12.3. The predicted octanol–water partition coefficient (Wildman–Crippen LogP) is -0.211. The van der Waals surface area contributed by atoms with Gasteiger partial charge in [0.05, 0.1) is 12.7 Å². The van der Waals surface area contributed by atoms with Crippen LogP contribution >= 0.6 is 0 Å². The summed E-state index contributed by atoms with van der Waals surface area (Å²) in [6.07, 6.45) is 4.38. The van der Waals surface area contributed by atoms with E-state index in [-0.39, 0.29) is 6.61 Å². The molecule has 4 heteroatoms. The van der Waals surface area contributed by atoms with Crippen LogP contribution in [-0.4, -0.2) is 53.5 Å². The van der Waals surface area contributed by atoms with Crippen molar-refractivity contribution in [3.63, 3.8) is 0 Å². The minimum atomic E-state index is -0.577. The molecule has 0 aromatic rings. The second-order valence-corrected chi connectivity index (χ2v) is 5.35. The average Bonchev–Trinajstić information content (AvgIpc) is 2.31. The van der Waals surface area contributed by atoms with Gasteiger partial charge in [-0.2, -0.15) is 0 Å². The first-order valence-electron chi connectivity index (χ1n) is 6.47. The Labute approximate surface area is 97.4 Å². The minimum absolute atomic E-state index is 0.125. The molecule has 3 aliphatic rings. The molecule has 4 nitrogen and oxygen atoms in total. The maximum absolute atomic E-state index is 9.50. The molecule has 1 aliphatic carbocycles. The molecule has 2 heterocycles. The number of rotatable bonds is 5. The molecule has 2 bridgehead atoms. The maximum atomic E-state index is 9.50. The SMILES string of the molecule is NCCC1CC2CCC1CN2CC(O)CO. The number of piperidine rings is 2. The number of hydrogen-bond acceptors (Lipinski definition) is 4. The zero-order valence-electron chi connectivity index (χ0n) is 9.89. The van der Waals surface area contributed by atoms with Gasteiger partial charge in [0.1, 0.15) is 0 Å². The number of hydrogen-bond donors (Lipinski definition) is 3. The van der Waals surface area contributed by atoms with Crippen LogP contribution in [0.25, 0.3) is 0 Å². The highest BCUT2D eigenvalue weighted by molar-refractivity contribution is 4.93. The van der Waals surface area contributed by atoms with Gasteiger partial charge in [-0.3, -0.25) is 4.90 Å². The zero-order valence-corrected chi connectivity index (χ0v) is 9.89. The summed E-state index contributed by atoms with van der Waals surface area (Å²) in [5, 5.41) is 18.4. The van der Waals surface area contributed by atoms with Crippen LogP contribution in [0.3, 0.4) is 0 Å². The Hall–Kier alpha value is -0.160. The van der Waals surface area contributed by atoms with E-state index < -0.39 is 6.10 Å². The van der Waals surface area contributed by atoms with Gasteiger partial charge in [-0.25, -0.2) is 0 Å². The van der Waals surface area contributed by atoms with Gasteiger partial charge in [-0.1, -0.05) is 0 Å². The van der Waals surface area contributed by atoms with Crippen LogP contribution in [0, 0.1) is 11.8 Å². The first-order valence-corrected chi connectivity index (χ1v) is 6.47. The summed E-state index contributed by atoms with van der Waals surface area (Å²) in [5.41, 5.74) is 5.64. The van der Waals surface area contributed by atoms with E-state index in [9.17, 15) is 5.11 Å². The van der Waals surface area contributed by atoms with Crippen molar-refractivity contribution >= 4 is 0 Å². The van der Waals surface area contributed by atoms with E-state index in [0.717, 1.165) is 31.3 Å². The molecule has 0 aromatic heterocycles. The summed E-state index contributed by atoms with van der Waals surface area (Å²) >= 11 is 0. The number of aliphatic hydroxyl groups is 2. The average molecular weight is 228 g/mol. The lowest BCUT2D eigenvalue weighted by atomic mass is 9.70. The van der Waals surface area contributed by atoms with Crippen LogP contribution in [0.1, 0.15) is 25.7 Å². The lowest BCUT2D eigenvalue weighted by Crippen LogP contribution is -2.54. The largest absolute Gasteiger partial charge is 0.394 e. The Morgan fingerprint density at radius 3 is 2.75 bits per heavy atom. The summed E-state index contributed by atoms with van der Waals surface area (Å²) in [6, 6.07) is 0.614. The van der Waals surface area contributed by atoms with E-state index in [4.69, 9.17) is 10.8 Å². The van der Waals surface area contributed by atoms with Crippen LogP contribution in [0.15, 0.2) is 0 Å². The summed E-state index contributed by atoms with van der Waals surface area (Å²) in [6.45, 7) is 2.40. The van der Waals surface area contributed by atoms with Crippen molar-refractivity contribution in [1.82, 2.24) is 4.90 Å². The van der Waals surface area contributed by atoms with Crippen molar-refractivity contribution in [1.29, 1.82) is 0 Å². The Morgan fingerprint density at radius 1 is 1.38 bits per heavy atom. The monoisotopic (exact) mass is 228 g/mol. The van der Waals surface area contributed by atoms with Gasteiger partial charge in [-0.05, 0) is 44.1 Å². The van der Waals surface area contributed by atoms with Gasteiger partial charge in [0, 0.05) is 19.1 Å². The van der Waals surface area contributed by atoms with Crippen molar-refractivity contribution in [3.8, 4) is 0 Å². The molecule has 0 radical (unpaired) electrons. The van der Waals surface area contributed by atoms with E-state index in [2.05, 4.69) is 4.90 Å². The lowest BCUT2D eigenvalue weighted by Gasteiger charge is -2.50. The van der Waals surface area contributed by atoms with Crippen molar-refractivity contribution in [3.05, 3.63) is 0 Å². The van der Waals surface area contributed by atoms with Crippen molar-refractivity contribution in [2.75, 3.05) is 26.2 Å². The Kier molecular flexibility index (Phi) is 4.19. The summed E-state index contributed by atoms with van der Waals surface area (Å²) in [7, 11) is 0. The number of aliphatic hydroxyl groups excluding tert-OH is 2. The second kappa shape index (κ2) is 5.45. The van der Waals surface area contributed by atoms with Gasteiger partial charge in [-0.15, -0.1) is 0 Å². The Morgan fingerprint density at radius 2 is 2.19 bits per heavy atom. The van der Waals surface area contributed by atoms with E-state index in [0.29, 0.717) is 12.6 Å². The molecule has 94 valence electrons. The molecule has 3 rings (SSSR count). The highest BCUT2D eigenvalue weighted by atomic mass is 16.3. The van der Waals surface area contributed by atoms with Crippen LogP contribution in [0.4, 0.5) is 0 Å². The summed E-state index contributed by atoms with van der Waals surface area (Å²) in [5.74, 6) is 1.56. The van der Waals surface area contributed by atoms with Crippen LogP contribution < -0.4 is 5.73 Å². The smallest absolute Gasteiger partial charge is 0.0897 e. The van der Waals surface area contributed by atoms with E-state index in [1.807, 2.05) is 0 Å². The maximum Gasteiger partial charge on any atom is 0.0897 e. The van der Waals surface area contributed by atoms with Gasteiger partial charge in [0.2, 0.25) is 0 Å². The van der Waals surface area contributed by atoms with Gasteiger partial charge < -0.3 is 15.9 Å². The van der Waals surface area contributed by atoms with Crippen molar-refractivity contribution in [2.45, 2.75) is 37.8 Å². The van der Waals surface area contributed by atoms with Crippen LogP contribution in [0.5, 0.6) is 0 Å². The molecule has 0 spiro atoms. The normalized spacial score (nSPS) is 36.6. The van der Waals surface area contributed by atoms with E-state index in [1.54, 1.807) is 0 Å². The molecular weight excluding hydrogens is 204 g/mol. The molecule has 16 heavy (non-hydrogen) atoms. The van der Waals surface area contributed by atoms with E-state index in [1.165, 1.54) is 19.3 Å². The minimum Gasteiger partial charge on any atom is -0.394 e. The second-order valence-electron chi connectivity index (χ2n) is 5.35. The molecule has 2 saturated heterocycles. The van der Waals surface area contributed by atoms with Gasteiger partial charge >= 0.3 is 0 Å². The lowest BCUT2D eigenvalue weighted by molar-refractivity contribution is -0.0316. The number of nitrogens with two attached hydrogens (primary N) is 1. The molecule has 1 saturated carbocycles. The Bertz CT molecular complexity index is 225. The highest BCUT2D eigenvalue weighted by Gasteiger charge is 2.39. The molecule has 4 N–H and O–H groups in total. The fourth-order valence-electron chi connectivity index (χ4n) is 3.44. The molecule has 3 fully saturated rings. The fraction of sp³-hybridized carbons (Fsp3) is 1.00. The molecule has 2 aliphatic heterocycles. The molecular formula is C12H24N2O2. The van der Waals surface area contributed by atoms with E-state index >= 15 is 0 Å². The Balaban J connectivity index is 1.88. The number of nitrogens with zero attached hydrogens (tertiary/aromatic N) is 1. The van der Waals surface area contributed by atoms with Crippen molar-refractivity contribution < 1.29 is 10.2 Å². The third kappa shape index (κ3) is 2.56. The van der Waals surface area contributed by atoms with Crippen LogP contribution in [-0.2, 0) is 0 Å². The fourth-order valence-corrected chi connectivity index (χ4v) is 3.44.